The molecule has 0 atom stereocenters. The fourth-order valence-corrected chi connectivity index (χ4v) is 4.46. The highest BCUT2D eigenvalue weighted by Gasteiger charge is 2.24. The molecule has 6 rings (SSSR count). The third-order valence-electron chi connectivity index (χ3n) is 6.05. The highest BCUT2D eigenvalue weighted by molar-refractivity contribution is 5.90. The van der Waals surface area contributed by atoms with Gasteiger partial charge in [-0.2, -0.15) is 0 Å². The molecular formula is C24H22N6O2. The van der Waals surface area contributed by atoms with Crippen molar-refractivity contribution in [1.82, 2.24) is 19.9 Å². The fourth-order valence-electron chi connectivity index (χ4n) is 4.46. The smallest absolute Gasteiger partial charge is 0.237 e. The standard InChI is InChI=1S/C24H22N6O2/c1-31-18-4-5-21-19(12-18)23(28-15-27-21)29-8-6-20-16(14-29)11-17(13-26-20)30-9-10-32-24-22(30)3-2-7-25-24/h2-5,7,11-13,15H,6,8-10,14H2,1H3. The van der Waals surface area contributed by atoms with Gasteiger partial charge in [0.2, 0.25) is 5.88 Å². The lowest BCUT2D eigenvalue weighted by atomic mass is 10.0. The minimum absolute atomic E-state index is 0.599. The number of pyridine rings is 2. The molecule has 1 aromatic carbocycles. The average Bonchev–Trinajstić information content (AvgIpc) is 2.87. The molecule has 0 amide bonds. The molecule has 2 aliphatic rings. The Morgan fingerprint density at radius 3 is 2.94 bits per heavy atom. The number of anilines is 3. The van der Waals surface area contributed by atoms with Gasteiger partial charge in [-0.05, 0) is 42.0 Å². The molecule has 0 saturated heterocycles. The quantitative estimate of drug-likeness (QED) is 0.493. The van der Waals surface area contributed by atoms with Crippen LogP contribution in [0.15, 0.2) is 55.1 Å². The summed E-state index contributed by atoms with van der Waals surface area (Å²) < 4.78 is 11.1. The van der Waals surface area contributed by atoms with Crippen molar-refractivity contribution >= 4 is 28.1 Å². The van der Waals surface area contributed by atoms with Crippen LogP contribution in [-0.2, 0) is 13.0 Å². The summed E-state index contributed by atoms with van der Waals surface area (Å²) in [5.74, 6) is 2.39. The minimum atomic E-state index is 0.599. The number of hydrogen-bond donors (Lipinski definition) is 0. The van der Waals surface area contributed by atoms with Gasteiger partial charge in [-0.1, -0.05) is 0 Å². The number of rotatable bonds is 3. The van der Waals surface area contributed by atoms with Crippen LogP contribution in [-0.4, -0.2) is 46.7 Å². The van der Waals surface area contributed by atoms with Gasteiger partial charge < -0.3 is 19.3 Å². The molecule has 32 heavy (non-hydrogen) atoms. The average molecular weight is 426 g/mol. The lowest BCUT2D eigenvalue weighted by Gasteiger charge is -2.33. The zero-order chi connectivity index (χ0) is 21.5. The third kappa shape index (κ3) is 3.15. The Labute approximate surface area is 185 Å². The van der Waals surface area contributed by atoms with Gasteiger partial charge in [0.1, 0.15) is 30.2 Å². The van der Waals surface area contributed by atoms with Gasteiger partial charge in [0.25, 0.3) is 0 Å². The van der Waals surface area contributed by atoms with Gasteiger partial charge in [0.15, 0.2) is 0 Å². The number of nitrogens with zero attached hydrogens (tertiary/aromatic N) is 6. The second-order valence-corrected chi connectivity index (χ2v) is 7.88. The van der Waals surface area contributed by atoms with Gasteiger partial charge in [0, 0.05) is 36.8 Å². The molecule has 8 heteroatoms. The molecule has 160 valence electrons. The highest BCUT2D eigenvalue weighted by Crippen LogP contribution is 2.36. The van der Waals surface area contributed by atoms with Crippen LogP contribution in [0.2, 0.25) is 0 Å². The van der Waals surface area contributed by atoms with E-state index in [2.05, 4.69) is 30.8 Å². The Balaban J connectivity index is 1.35. The van der Waals surface area contributed by atoms with Crippen molar-refractivity contribution in [3.8, 4) is 11.6 Å². The molecule has 0 radical (unpaired) electrons. The van der Waals surface area contributed by atoms with E-state index in [4.69, 9.17) is 14.5 Å². The van der Waals surface area contributed by atoms with Crippen LogP contribution in [0, 0.1) is 0 Å². The Hall–Kier alpha value is -3.94. The lowest BCUT2D eigenvalue weighted by molar-refractivity contribution is 0.301. The van der Waals surface area contributed by atoms with E-state index in [0.29, 0.717) is 12.5 Å². The van der Waals surface area contributed by atoms with Crippen molar-refractivity contribution in [3.63, 3.8) is 0 Å². The normalized spacial score (nSPS) is 15.2. The molecule has 0 aliphatic carbocycles. The number of ether oxygens (including phenoxy) is 2. The maximum atomic E-state index is 5.72. The van der Waals surface area contributed by atoms with E-state index in [1.54, 1.807) is 19.6 Å². The van der Waals surface area contributed by atoms with Crippen LogP contribution < -0.4 is 19.3 Å². The van der Waals surface area contributed by atoms with E-state index < -0.39 is 0 Å². The van der Waals surface area contributed by atoms with Crippen LogP contribution in [0.5, 0.6) is 11.6 Å². The first kappa shape index (κ1) is 18.8. The van der Waals surface area contributed by atoms with Gasteiger partial charge in [-0.15, -0.1) is 0 Å². The van der Waals surface area contributed by atoms with E-state index in [1.165, 1.54) is 5.56 Å². The van der Waals surface area contributed by atoms with E-state index in [1.807, 2.05) is 36.5 Å². The predicted molar refractivity (Wildman–Crippen MR) is 122 cm³/mol. The van der Waals surface area contributed by atoms with Gasteiger partial charge in [-0.3, -0.25) is 4.98 Å². The number of hydrogen-bond acceptors (Lipinski definition) is 8. The summed E-state index contributed by atoms with van der Waals surface area (Å²) in [6.45, 7) is 2.96. The van der Waals surface area contributed by atoms with Crippen molar-refractivity contribution in [3.05, 3.63) is 66.4 Å². The van der Waals surface area contributed by atoms with E-state index >= 15 is 0 Å². The summed E-state index contributed by atoms with van der Waals surface area (Å²) in [4.78, 5) is 22.7. The molecule has 0 bridgehead atoms. The highest BCUT2D eigenvalue weighted by atomic mass is 16.5. The summed E-state index contributed by atoms with van der Waals surface area (Å²) in [5.41, 5.74) is 5.28. The van der Waals surface area contributed by atoms with Crippen LogP contribution in [0.1, 0.15) is 11.3 Å². The summed E-state index contributed by atoms with van der Waals surface area (Å²) in [7, 11) is 1.67. The van der Waals surface area contributed by atoms with E-state index in [0.717, 1.165) is 65.6 Å². The Kier molecular flexibility index (Phi) is 4.49. The first-order valence-electron chi connectivity index (χ1n) is 10.7. The van der Waals surface area contributed by atoms with Gasteiger partial charge >= 0.3 is 0 Å². The molecule has 2 aliphatic heterocycles. The Morgan fingerprint density at radius 1 is 1.03 bits per heavy atom. The Bertz CT molecular complexity index is 1310. The maximum Gasteiger partial charge on any atom is 0.237 e. The maximum absolute atomic E-state index is 5.72. The second-order valence-electron chi connectivity index (χ2n) is 7.88. The van der Waals surface area contributed by atoms with Crippen LogP contribution in [0.4, 0.5) is 17.2 Å². The third-order valence-corrected chi connectivity index (χ3v) is 6.05. The summed E-state index contributed by atoms with van der Waals surface area (Å²) >= 11 is 0. The van der Waals surface area contributed by atoms with Crippen molar-refractivity contribution in [2.24, 2.45) is 0 Å². The largest absolute Gasteiger partial charge is 0.497 e. The van der Waals surface area contributed by atoms with Crippen LogP contribution >= 0.6 is 0 Å². The zero-order valence-electron chi connectivity index (χ0n) is 17.7. The fraction of sp³-hybridized carbons (Fsp3) is 0.250. The molecule has 3 aromatic heterocycles. The first-order valence-corrected chi connectivity index (χ1v) is 10.7. The van der Waals surface area contributed by atoms with E-state index in [9.17, 15) is 0 Å². The first-order chi connectivity index (χ1) is 15.8. The SMILES string of the molecule is COc1ccc2ncnc(N3CCc4ncc(N5CCOc6ncccc65)cc4C3)c2c1. The van der Waals surface area contributed by atoms with Crippen LogP contribution in [0.25, 0.3) is 10.9 Å². The predicted octanol–water partition coefficient (Wildman–Crippen LogP) is 3.52. The molecule has 4 aromatic rings. The van der Waals surface area contributed by atoms with Crippen LogP contribution in [0.3, 0.4) is 0 Å². The monoisotopic (exact) mass is 426 g/mol. The summed E-state index contributed by atoms with van der Waals surface area (Å²) in [6.07, 6.45) is 6.21. The second kappa shape index (κ2) is 7.64. The topological polar surface area (TPSA) is 76.5 Å². The van der Waals surface area contributed by atoms with Crippen molar-refractivity contribution in [2.75, 3.05) is 36.6 Å². The lowest BCUT2D eigenvalue weighted by Crippen LogP contribution is -2.33. The molecule has 0 saturated carbocycles. The van der Waals surface area contributed by atoms with Gasteiger partial charge in [0.05, 0.1) is 31.1 Å². The summed E-state index contributed by atoms with van der Waals surface area (Å²) in [6, 6.07) is 12.1. The summed E-state index contributed by atoms with van der Waals surface area (Å²) in [5, 5.41) is 0.993. The Morgan fingerprint density at radius 2 is 2.00 bits per heavy atom. The number of methoxy groups -OCH3 is 1. The molecule has 0 unspecified atom stereocenters. The molecule has 0 N–H and O–H groups in total. The molecule has 0 fully saturated rings. The van der Waals surface area contributed by atoms with E-state index in [-0.39, 0.29) is 0 Å². The molecule has 5 heterocycles. The van der Waals surface area contributed by atoms with Gasteiger partial charge in [-0.25, -0.2) is 15.0 Å². The van der Waals surface area contributed by atoms with Crippen molar-refractivity contribution in [1.29, 1.82) is 0 Å². The van der Waals surface area contributed by atoms with Crippen molar-refractivity contribution < 1.29 is 9.47 Å². The minimum Gasteiger partial charge on any atom is -0.497 e. The zero-order valence-corrected chi connectivity index (χ0v) is 17.7. The number of aromatic nitrogens is 4. The number of fused-ring (bicyclic) bond motifs is 3. The molecular weight excluding hydrogens is 404 g/mol. The number of benzene rings is 1. The molecule has 0 spiro atoms. The van der Waals surface area contributed by atoms with Crippen molar-refractivity contribution in [2.45, 2.75) is 13.0 Å². The molecule has 8 nitrogen and oxygen atoms in total.